The lowest BCUT2D eigenvalue weighted by Gasteiger charge is -2.07. The first kappa shape index (κ1) is 13.3. The van der Waals surface area contributed by atoms with Crippen molar-refractivity contribution in [2.45, 2.75) is 0 Å². The molecule has 114 valence electrons. The molecule has 0 radical (unpaired) electrons. The quantitative estimate of drug-likeness (QED) is 0.590. The number of methoxy groups -OCH3 is 1. The van der Waals surface area contributed by atoms with Gasteiger partial charge in [-0.1, -0.05) is 12.1 Å². The number of phenolic OH excluding ortho intramolecular Hbond substituents is 1. The summed E-state index contributed by atoms with van der Waals surface area (Å²) in [7, 11) is 1.48. The number of ether oxygens (including phenoxy) is 1. The second-order valence-electron chi connectivity index (χ2n) is 5.04. The summed E-state index contributed by atoms with van der Waals surface area (Å²) < 4.78 is 6.90. The molecule has 2 N–H and O–H groups in total. The number of rotatable bonds is 2. The normalized spacial score (nSPS) is 11.2. The van der Waals surface area contributed by atoms with Crippen LogP contribution in [0.3, 0.4) is 0 Å². The molecular weight excluding hydrogens is 296 g/mol. The Morgan fingerprint density at radius 2 is 2.00 bits per heavy atom. The van der Waals surface area contributed by atoms with Crippen LogP contribution in [0.25, 0.3) is 28.1 Å². The zero-order valence-corrected chi connectivity index (χ0v) is 12.1. The highest BCUT2D eigenvalue weighted by Gasteiger charge is 2.14. The van der Waals surface area contributed by atoms with Crippen molar-refractivity contribution in [3.8, 4) is 22.9 Å². The molecule has 4 rings (SSSR count). The first-order chi connectivity index (χ1) is 11.2. The highest BCUT2D eigenvalue weighted by atomic mass is 16.5. The van der Waals surface area contributed by atoms with Crippen LogP contribution in [0.2, 0.25) is 0 Å². The molecule has 4 aromatic rings. The molecule has 0 unspecified atom stereocenters. The minimum absolute atomic E-state index is 0.0448. The van der Waals surface area contributed by atoms with Crippen LogP contribution >= 0.6 is 0 Å². The van der Waals surface area contributed by atoms with Crippen molar-refractivity contribution in [1.29, 1.82) is 0 Å². The molecular formula is C16H12N4O3. The van der Waals surface area contributed by atoms with E-state index >= 15 is 0 Å². The molecule has 0 bridgehead atoms. The Balaban J connectivity index is 2.09. The topological polar surface area (TPSA) is 92.5 Å². The second kappa shape index (κ2) is 4.84. The maximum Gasteiger partial charge on any atom is 0.260 e. The van der Waals surface area contributed by atoms with E-state index in [1.165, 1.54) is 13.2 Å². The fraction of sp³-hybridized carbons (Fsp3) is 0.0625. The fourth-order valence-electron chi connectivity index (χ4n) is 2.63. The number of fused-ring (bicyclic) bond motifs is 3. The van der Waals surface area contributed by atoms with E-state index in [1.807, 2.05) is 12.1 Å². The van der Waals surface area contributed by atoms with Crippen LogP contribution in [0.1, 0.15) is 0 Å². The molecule has 0 saturated carbocycles. The highest BCUT2D eigenvalue weighted by molar-refractivity contribution is 5.82. The number of H-pyrrole nitrogens is 1. The Morgan fingerprint density at radius 3 is 2.83 bits per heavy atom. The summed E-state index contributed by atoms with van der Waals surface area (Å²) in [4.78, 5) is 14.8. The largest absolute Gasteiger partial charge is 0.504 e. The Morgan fingerprint density at radius 1 is 1.17 bits per heavy atom. The maximum absolute atomic E-state index is 12.1. The van der Waals surface area contributed by atoms with Gasteiger partial charge in [0.2, 0.25) is 5.78 Å². The Hall–Kier alpha value is -3.35. The molecule has 0 spiro atoms. The number of phenols is 1. The predicted molar refractivity (Wildman–Crippen MR) is 84.8 cm³/mol. The number of para-hydroxylation sites is 1. The van der Waals surface area contributed by atoms with E-state index in [0.717, 1.165) is 0 Å². The van der Waals surface area contributed by atoms with Crippen LogP contribution in [0.5, 0.6) is 11.5 Å². The molecule has 2 aromatic heterocycles. The van der Waals surface area contributed by atoms with Crippen molar-refractivity contribution < 1.29 is 9.84 Å². The third kappa shape index (κ3) is 1.94. The number of aromatic nitrogens is 4. The number of benzene rings is 2. The number of nitrogens with zero attached hydrogens (tertiary/aromatic N) is 3. The zero-order valence-electron chi connectivity index (χ0n) is 12.1. The summed E-state index contributed by atoms with van der Waals surface area (Å²) in [5.41, 5.74) is 1.21. The number of nitrogens with one attached hydrogen (secondary N) is 1. The van der Waals surface area contributed by atoms with E-state index in [1.54, 1.807) is 28.7 Å². The average Bonchev–Trinajstić information content (AvgIpc) is 2.99. The second-order valence-corrected chi connectivity index (χ2v) is 5.04. The van der Waals surface area contributed by atoms with E-state index in [9.17, 15) is 9.90 Å². The highest BCUT2D eigenvalue weighted by Crippen LogP contribution is 2.31. The monoisotopic (exact) mass is 308 g/mol. The fourth-order valence-corrected chi connectivity index (χ4v) is 2.63. The first-order valence-electron chi connectivity index (χ1n) is 6.92. The lowest BCUT2D eigenvalue weighted by atomic mass is 10.2. The van der Waals surface area contributed by atoms with Gasteiger partial charge in [-0.2, -0.15) is 0 Å². The minimum atomic E-state index is -0.213. The third-order valence-corrected chi connectivity index (χ3v) is 3.72. The molecule has 7 nitrogen and oxygen atoms in total. The molecule has 7 heteroatoms. The molecule has 0 amide bonds. The average molecular weight is 308 g/mol. The van der Waals surface area contributed by atoms with Gasteiger partial charge in [0.25, 0.3) is 5.56 Å². The third-order valence-electron chi connectivity index (χ3n) is 3.72. The van der Waals surface area contributed by atoms with E-state index in [2.05, 4.69) is 15.2 Å². The van der Waals surface area contributed by atoms with Crippen LogP contribution in [-0.2, 0) is 0 Å². The van der Waals surface area contributed by atoms with Crippen molar-refractivity contribution >= 4 is 16.7 Å². The lowest BCUT2D eigenvalue weighted by molar-refractivity contribution is 0.373. The van der Waals surface area contributed by atoms with Crippen LogP contribution in [0, 0.1) is 0 Å². The van der Waals surface area contributed by atoms with Crippen molar-refractivity contribution in [2.24, 2.45) is 0 Å². The summed E-state index contributed by atoms with van der Waals surface area (Å²) in [6, 6.07) is 12.2. The van der Waals surface area contributed by atoms with E-state index in [0.29, 0.717) is 33.8 Å². The Kier molecular flexibility index (Phi) is 2.80. The number of hydrogen-bond acceptors (Lipinski definition) is 5. The molecule has 0 saturated heterocycles. The van der Waals surface area contributed by atoms with Crippen LogP contribution in [-0.4, -0.2) is 31.8 Å². The SMILES string of the molecule is COc1cc(-c2nnc3[nH]c(=O)c4ccccc4n23)ccc1O. The van der Waals surface area contributed by atoms with Gasteiger partial charge in [-0.25, -0.2) is 0 Å². The molecule has 0 fully saturated rings. The van der Waals surface area contributed by atoms with Crippen LogP contribution < -0.4 is 10.3 Å². The molecule has 2 aromatic carbocycles. The number of aromatic hydroxyl groups is 1. The molecule has 0 aliphatic carbocycles. The van der Waals surface area contributed by atoms with Crippen LogP contribution in [0.15, 0.2) is 47.3 Å². The Bertz CT molecular complexity index is 1100. The number of aromatic amines is 1. The Labute approximate surface area is 129 Å². The zero-order chi connectivity index (χ0) is 16.0. The van der Waals surface area contributed by atoms with Crippen LogP contribution in [0.4, 0.5) is 0 Å². The maximum atomic E-state index is 12.1. The summed E-state index contributed by atoms with van der Waals surface area (Å²) in [6.45, 7) is 0. The van der Waals surface area contributed by atoms with Gasteiger partial charge < -0.3 is 9.84 Å². The standard InChI is InChI=1S/C16H12N4O3/c1-23-13-8-9(6-7-12(13)21)14-18-19-16-17-15(22)10-4-2-3-5-11(10)20(14)16/h2-8,21H,1H3,(H,17,19,22). The van der Waals surface area contributed by atoms with Crippen molar-refractivity contribution in [3.63, 3.8) is 0 Å². The van der Waals surface area contributed by atoms with Gasteiger partial charge in [0.1, 0.15) is 0 Å². The summed E-state index contributed by atoms with van der Waals surface area (Å²) in [5.74, 6) is 1.29. The smallest absolute Gasteiger partial charge is 0.260 e. The molecule has 0 atom stereocenters. The molecule has 23 heavy (non-hydrogen) atoms. The predicted octanol–water partition coefficient (Wildman–Crippen LogP) is 1.95. The van der Waals surface area contributed by atoms with E-state index < -0.39 is 0 Å². The molecule has 0 aliphatic heterocycles. The summed E-state index contributed by atoms with van der Waals surface area (Å²) >= 11 is 0. The van der Waals surface area contributed by atoms with Gasteiger partial charge in [0, 0.05) is 5.56 Å². The van der Waals surface area contributed by atoms with Gasteiger partial charge in [0.15, 0.2) is 17.3 Å². The van der Waals surface area contributed by atoms with Gasteiger partial charge >= 0.3 is 0 Å². The molecule has 2 heterocycles. The van der Waals surface area contributed by atoms with Crippen molar-refractivity contribution in [2.75, 3.05) is 7.11 Å². The van der Waals surface area contributed by atoms with Crippen molar-refractivity contribution in [1.82, 2.24) is 19.6 Å². The van der Waals surface area contributed by atoms with Gasteiger partial charge in [-0.15, -0.1) is 10.2 Å². The van der Waals surface area contributed by atoms with Gasteiger partial charge in [-0.3, -0.25) is 14.2 Å². The minimum Gasteiger partial charge on any atom is -0.504 e. The first-order valence-corrected chi connectivity index (χ1v) is 6.92. The summed E-state index contributed by atoms with van der Waals surface area (Å²) in [6.07, 6.45) is 0. The molecule has 0 aliphatic rings. The van der Waals surface area contributed by atoms with E-state index in [4.69, 9.17) is 4.74 Å². The number of hydrogen-bond donors (Lipinski definition) is 2. The van der Waals surface area contributed by atoms with Gasteiger partial charge in [-0.05, 0) is 30.3 Å². The lowest BCUT2D eigenvalue weighted by Crippen LogP contribution is -2.10. The van der Waals surface area contributed by atoms with Crippen molar-refractivity contribution in [3.05, 3.63) is 52.8 Å². The van der Waals surface area contributed by atoms with E-state index in [-0.39, 0.29) is 11.3 Å². The summed E-state index contributed by atoms with van der Waals surface area (Å²) in [5, 5.41) is 18.5. The van der Waals surface area contributed by atoms with Gasteiger partial charge in [0.05, 0.1) is 18.0 Å².